The number of carbonyl (C=O) groups is 1. The molecule has 0 unspecified atom stereocenters. The molecular formula is C16H10F3N3O3. The van der Waals surface area contributed by atoms with Crippen molar-refractivity contribution in [1.82, 2.24) is 15.2 Å². The first-order chi connectivity index (χ1) is 11.8. The third-order valence-corrected chi connectivity index (χ3v) is 3.27. The van der Waals surface area contributed by atoms with Crippen LogP contribution in [-0.4, -0.2) is 26.2 Å². The van der Waals surface area contributed by atoms with Crippen LogP contribution in [0.4, 0.5) is 13.2 Å². The predicted octanol–water partition coefficient (Wildman–Crippen LogP) is 3.50. The molecule has 0 spiro atoms. The molecule has 2 aromatic carbocycles. The minimum absolute atomic E-state index is 0.279. The Morgan fingerprint density at radius 1 is 1.08 bits per heavy atom. The van der Waals surface area contributed by atoms with Crippen molar-refractivity contribution < 1.29 is 27.9 Å². The van der Waals surface area contributed by atoms with E-state index in [-0.39, 0.29) is 5.69 Å². The molecular weight excluding hydrogens is 339 g/mol. The average Bonchev–Trinajstić information content (AvgIpc) is 3.03. The highest BCUT2D eigenvalue weighted by molar-refractivity contribution is 5.84. The van der Waals surface area contributed by atoms with Crippen molar-refractivity contribution in [2.75, 3.05) is 0 Å². The maximum atomic E-state index is 12.6. The van der Waals surface area contributed by atoms with E-state index in [1.807, 2.05) is 0 Å². The highest BCUT2D eigenvalue weighted by atomic mass is 19.4. The van der Waals surface area contributed by atoms with Gasteiger partial charge in [0.1, 0.15) is 6.20 Å². The van der Waals surface area contributed by atoms with E-state index in [1.165, 1.54) is 12.1 Å². The van der Waals surface area contributed by atoms with Gasteiger partial charge in [-0.2, -0.15) is 13.2 Å². The zero-order valence-electron chi connectivity index (χ0n) is 12.4. The lowest BCUT2D eigenvalue weighted by atomic mass is 10.0. The molecule has 9 heteroatoms. The lowest BCUT2D eigenvalue weighted by Gasteiger charge is -2.09. The van der Waals surface area contributed by atoms with E-state index in [0.29, 0.717) is 16.9 Å². The van der Waals surface area contributed by atoms with Gasteiger partial charge in [-0.3, -0.25) is 0 Å². The van der Waals surface area contributed by atoms with Gasteiger partial charge in [-0.05, 0) is 40.6 Å². The number of carboxylic acid groups (broad SMARTS) is 1. The number of benzene rings is 2. The van der Waals surface area contributed by atoms with E-state index in [2.05, 4.69) is 10.3 Å². The van der Waals surface area contributed by atoms with Crippen LogP contribution in [0.1, 0.15) is 16.1 Å². The van der Waals surface area contributed by atoms with Crippen molar-refractivity contribution in [2.45, 2.75) is 6.18 Å². The smallest absolute Gasteiger partial charge is 0.416 e. The Bertz CT molecular complexity index is 905. The minimum atomic E-state index is -4.39. The van der Waals surface area contributed by atoms with Gasteiger partial charge in [0.2, 0.25) is 0 Å². The molecule has 0 radical (unpaired) electrons. The molecule has 1 N–H and O–H groups in total. The van der Waals surface area contributed by atoms with Crippen LogP contribution >= 0.6 is 0 Å². The first-order valence-corrected chi connectivity index (χ1v) is 6.94. The summed E-state index contributed by atoms with van der Waals surface area (Å²) in [6, 6.07) is 11.3. The van der Waals surface area contributed by atoms with E-state index >= 15 is 0 Å². The van der Waals surface area contributed by atoms with Gasteiger partial charge in [0, 0.05) is 0 Å². The molecule has 25 heavy (non-hydrogen) atoms. The van der Waals surface area contributed by atoms with Crippen molar-refractivity contribution in [1.29, 1.82) is 0 Å². The van der Waals surface area contributed by atoms with E-state index < -0.39 is 17.7 Å². The Labute approximate surface area is 139 Å². The van der Waals surface area contributed by atoms with Crippen LogP contribution in [-0.2, 0) is 6.18 Å². The first kappa shape index (κ1) is 16.5. The van der Waals surface area contributed by atoms with Crippen LogP contribution in [0.15, 0.2) is 54.7 Å². The summed E-state index contributed by atoms with van der Waals surface area (Å²) >= 11 is 0. The van der Waals surface area contributed by atoms with Gasteiger partial charge in [0.05, 0.1) is 5.56 Å². The quantitative estimate of drug-likeness (QED) is 0.780. The van der Waals surface area contributed by atoms with Crippen molar-refractivity contribution in [3.8, 4) is 16.9 Å². The molecule has 0 aliphatic heterocycles. The van der Waals surface area contributed by atoms with Crippen molar-refractivity contribution in [3.63, 3.8) is 0 Å². The fourth-order valence-electron chi connectivity index (χ4n) is 2.08. The molecule has 1 heterocycles. The number of alkyl halides is 3. The third-order valence-electron chi connectivity index (χ3n) is 3.27. The number of rotatable bonds is 4. The Balaban J connectivity index is 1.82. The number of carboxylic acids is 1. The fourth-order valence-corrected chi connectivity index (χ4v) is 2.08. The van der Waals surface area contributed by atoms with Crippen LogP contribution in [0, 0.1) is 0 Å². The Morgan fingerprint density at radius 3 is 2.40 bits per heavy atom. The van der Waals surface area contributed by atoms with Gasteiger partial charge >= 0.3 is 12.1 Å². The molecule has 0 saturated carbocycles. The SMILES string of the molecule is O=C(O)c1cn(Oc2cccc(-c3ccc(C(F)(F)F)cc3)c2)nn1. The molecule has 3 aromatic rings. The monoisotopic (exact) mass is 349 g/mol. The number of aromatic carboxylic acids is 1. The van der Waals surface area contributed by atoms with Crippen LogP contribution in [0.25, 0.3) is 11.1 Å². The molecule has 0 bridgehead atoms. The van der Waals surface area contributed by atoms with Gasteiger partial charge in [0.15, 0.2) is 11.4 Å². The van der Waals surface area contributed by atoms with Crippen LogP contribution in [0.2, 0.25) is 0 Å². The average molecular weight is 349 g/mol. The summed E-state index contributed by atoms with van der Waals surface area (Å²) in [7, 11) is 0. The summed E-state index contributed by atoms with van der Waals surface area (Å²) in [5.41, 5.74) is 0.194. The zero-order chi connectivity index (χ0) is 18.0. The highest BCUT2D eigenvalue weighted by Crippen LogP contribution is 2.31. The third kappa shape index (κ3) is 3.77. The van der Waals surface area contributed by atoms with Gasteiger partial charge < -0.3 is 9.94 Å². The number of aromatic nitrogens is 3. The largest absolute Gasteiger partial charge is 0.476 e. The molecule has 0 aliphatic rings. The molecule has 128 valence electrons. The number of hydrogen-bond donors (Lipinski definition) is 1. The van der Waals surface area contributed by atoms with E-state index in [4.69, 9.17) is 9.94 Å². The fraction of sp³-hybridized carbons (Fsp3) is 0.0625. The lowest BCUT2D eigenvalue weighted by molar-refractivity contribution is -0.137. The maximum absolute atomic E-state index is 12.6. The normalized spacial score (nSPS) is 11.3. The lowest BCUT2D eigenvalue weighted by Crippen LogP contribution is -2.06. The van der Waals surface area contributed by atoms with E-state index in [1.54, 1.807) is 24.3 Å². The number of nitrogens with zero attached hydrogens (tertiary/aromatic N) is 3. The van der Waals surface area contributed by atoms with Crippen LogP contribution < -0.4 is 4.84 Å². The molecule has 0 amide bonds. The van der Waals surface area contributed by atoms with Crippen LogP contribution in [0.5, 0.6) is 5.75 Å². The molecule has 0 fully saturated rings. The second-order valence-electron chi connectivity index (χ2n) is 5.01. The molecule has 3 rings (SSSR count). The molecule has 0 atom stereocenters. The summed E-state index contributed by atoms with van der Waals surface area (Å²) in [6.07, 6.45) is -3.30. The number of hydrogen-bond acceptors (Lipinski definition) is 4. The van der Waals surface area contributed by atoms with Gasteiger partial charge in [-0.1, -0.05) is 29.1 Å². The van der Waals surface area contributed by atoms with Crippen molar-refractivity contribution in [3.05, 3.63) is 66.0 Å². The standard InChI is InChI=1S/C16H10F3N3O3/c17-16(18,19)12-6-4-10(5-7-12)11-2-1-3-13(8-11)25-22-9-14(15(23)24)20-21-22/h1-9H,(H,23,24). The molecule has 0 aliphatic carbocycles. The summed E-state index contributed by atoms with van der Waals surface area (Å²) in [6.45, 7) is 0. The summed E-state index contributed by atoms with van der Waals surface area (Å²) in [5, 5.41) is 15.7. The summed E-state index contributed by atoms with van der Waals surface area (Å²) in [5.74, 6) is -0.924. The summed E-state index contributed by atoms with van der Waals surface area (Å²) < 4.78 is 37.8. The summed E-state index contributed by atoms with van der Waals surface area (Å²) in [4.78, 5) is 17.0. The van der Waals surface area contributed by atoms with Crippen LogP contribution in [0.3, 0.4) is 0 Å². The predicted molar refractivity (Wildman–Crippen MR) is 79.9 cm³/mol. The molecule has 0 saturated heterocycles. The van der Waals surface area contributed by atoms with E-state index in [9.17, 15) is 18.0 Å². The van der Waals surface area contributed by atoms with Gasteiger partial charge in [-0.15, -0.1) is 5.10 Å². The Kier molecular flexibility index (Phi) is 4.14. The molecule has 1 aromatic heterocycles. The number of halogens is 3. The topological polar surface area (TPSA) is 77.2 Å². The Hall–Kier alpha value is -3.36. The minimum Gasteiger partial charge on any atom is -0.476 e. The van der Waals surface area contributed by atoms with Gasteiger partial charge in [-0.25, -0.2) is 4.79 Å². The van der Waals surface area contributed by atoms with E-state index in [0.717, 1.165) is 23.2 Å². The van der Waals surface area contributed by atoms with Gasteiger partial charge in [0.25, 0.3) is 0 Å². The van der Waals surface area contributed by atoms with Crippen molar-refractivity contribution in [2.24, 2.45) is 0 Å². The maximum Gasteiger partial charge on any atom is 0.416 e. The first-order valence-electron chi connectivity index (χ1n) is 6.94. The highest BCUT2D eigenvalue weighted by Gasteiger charge is 2.29. The van der Waals surface area contributed by atoms with Crippen molar-refractivity contribution >= 4 is 5.97 Å². The Morgan fingerprint density at radius 2 is 1.80 bits per heavy atom. The second-order valence-corrected chi connectivity index (χ2v) is 5.01. The zero-order valence-corrected chi connectivity index (χ0v) is 12.4. The second kappa shape index (κ2) is 6.27. The molecule has 6 nitrogen and oxygen atoms in total.